The first kappa shape index (κ1) is 17.4. The Kier molecular flexibility index (Phi) is 5.45. The van der Waals surface area contributed by atoms with Gasteiger partial charge in [-0.2, -0.15) is 0 Å². The number of benzene rings is 1. The van der Waals surface area contributed by atoms with Gasteiger partial charge in [-0.25, -0.2) is 4.79 Å². The van der Waals surface area contributed by atoms with Crippen molar-refractivity contribution in [3.63, 3.8) is 0 Å². The van der Waals surface area contributed by atoms with E-state index in [0.29, 0.717) is 12.7 Å². The van der Waals surface area contributed by atoms with Crippen LogP contribution in [0.15, 0.2) is 18.2 Å². The molecule has 1 aromatic rings. The van der Waals surface area contributed by atoms with Crippen LogP contribution in [0.1, 0.15) is 18.4 Å². The van der Waals surface area contributed by atoms with Gasteiger partial charge >= 0.3 is 6.03 Å². The molecule has 142 valence electrons. The van der Waals surface area contributed by atoms with Crippen LogP contribution in [0, 0.1) is 5.92 Å². The Hall–Kier alpha value is -1.99. The summed E-state index contributed by atoms with van der Waals surface area (Å²) in [4.78, 5) is 16.7. The van der Waals surface area contributed by atoms with Gasteiger partial charge in [0, 0.05) is 52.5 Å². The fourth-order valence-corrected chi connectivity index (χ4v) is 3.70. The monoisotopic (exact) mass is 361 g/mol. The Balaban J connectivity index is 1.20. The summed E-state index contributed by atoms with van der Waals surface area (Å²) < 4.78 is 16.2. The van der Waals surface area contributed by atoms with E-state index in [1.54, 1.807) is 0 Å². The first-order chi connectivity index (χ1) is 12.8. The fourth-order valence-electron chi connectivity index (χ4n) is 3.70. The largest absolute Gasteiger partial charge is 0.454 e. The number of nitrogens with zero attached hydrogens (tertiary/aromatic N) is 2. The summed E-state index contributed by atoms with van der Waals surface area (Å²) in [6, 6.07) is 6.17. The first-order valence-corrected chi connectivity index (χ1v) is 9.49. The second-order valence-electron chi connectivity index (χ2n) is 7.19. The van der Waals surface area contributed by atoms with Gasteiger partial charge in [0.05, 0.1) is 0 Å². The van der Waals surface area contributed by atoms with Gasteiger partial charge in [-0.1, -0.05) is 6.07 Å². The first-order valence-electron chi connectivity index (χ1n) is 9.49. The van der Waals surface area contributed by atoms with E-state index in [-0.39, 0.29) is 6.03 Å². The number of amides is 2. The number of fused-ring (bicyclic) bond motifs is 1. The average Bonchev–Trinajstić information content (AvgIpc) is 3.15. The zero-order valence-corrected chi connectivity index (χ0v) is 15.1. The molecule has 4 rings (SSSR count). The van der Waals surface area contributed by atoms with Crippen molar-refractivity contribution in [2.75, 3.05) is 52.7 Å². The summed E-state index contributed by atoms with van der Waals surface area (Å²) in [6.45, 7) is 6.89. The minimum absolute atomic E-state index is 0.0687. The molecule has 3 aliphatic heterocycles. The van der Waals surface area contributed by atoms with Crippen molar-refractivity contribution in [3.8, 4) is 11.5 Å². The van der Waals surface area contributed by atoms with E-state index in [9.17, 15) is 4.79 Å². The maximum Gasteiger partial charge on any atom is 0.317 e. The van der Waals surface area contributed by atoms with Crippen LogP contribution in [0.25, 0.3) is 0 Å². The summed E-state index contributed by atoms with van der Waals surface area (Å²) in [5.41, 5.74) is 1.21. The fraction of sp³-hybridized carbons (Fsp3) is 0.632. The maximum absolute atomic E-state index is 12.4. The lowest BCUT2D eigenvalue weighted by Crippen LogP contribution is -2.52. The van der Waals surface area contributed by atoms with Gasteiger partial charge in [0.15, 0.2) is 11.5 Å². The van der Waals surface area contributed by atoms with E-state index in [4.69, 9.17) is 14.2 Å². The number of nitrogens with one attached hydrogen (secondary N) is 1. The highest BCUT2D eigenvalue weighted by molar-refractivity contribution is 5.74. The van der Waals surface area contributed by atoms with Crippen molar-refractivity contribution in [1.29, 1.82) is 0 Å². The van der Waals surface area contributed by atoms with Crippen LogP contribution in [0.4, 0.5) is 4.79 Å². The molecular weight excluding hydrogens is 334 g/mol. The summed E-state index contributed by atoms with van der Waals surface area (Å²) in [5, 5.41) is 3.10. The van der Waals surface area contributed by atoms with Crippen LogP contribution < -0.4 is 14.8 Å². The van der Waals surface area contributed by atoms with Gasteiger partial charge in [0.1, 0.15) is 0 Å². The van der Waals surface area contributed by atoms with Crippen molar-refractivity contribution in [3.05, 3.63) is 23.8 Å². The molecule has 0 saturated carbocycles. The summed E-state index contributed by atoms with van der Waals surface area (Å²) in [6.07, 6.45) is 2.09. The molecular formula is C19H27N3O4. The highest BCUT2D eigenvalue weighted by Gasteiger charge is 2.23. The van der Waals surface area contributed by atoms with Crippen LogP contribution in [0.2, 0.25) is 0 Å². The molecule has 3 aliphatic rings. The van der Waals surface area contributed by atoms with Crippen molar-refractivity contribution >= 4 is 6.03 Å². The molecule has 7 nitrogen and oxygen atoms in total. The lowest BCUT2D eigenvalue weighted by Gasteiger charge is -2.35. The van der Waals surface area contributed by atoms with Crippen molar-refractivity contribution in [1.82, 2.24) is 15.1 Å². The highest BCUT2D eigenvalue weighted by Crippen LogP contribution is 2.32. The van der Waals surface area contributed by atoms with Gasteiger partial charge in [0.25, 0.3) is 0 Å². The van der Waals surface area contributed by atoms with Crippen molar-refractivity contribution in [2.45, 2.75) is 19.4 Å². The summed E-state index contributed by atoms with van der Waals surface area (Å²) >= 11 is 0. The third-order valence-electron chi connectivity index (χ3n) is 5.39. The Bertz CT molecular complexity index is 625. The molecule has 2 fully saturated rings. The summed E-state index contributed by atoms with van der Waals surface area (Å²) in [7, 11) is 0. The standard InChI is InChI=1S/C19H27N3O4/c23-19(20-12-15-3-9-24-10-4-15)22-7-5-21(6-8-22)13-16-1-2-17-18(11-16)26-14-25-17/h1-2,11,15H,3-10,12-14H2,(H,20,23). The molecule has 0 aromatic heterocycles. The second kappa shape index (κ2) is 8.14. The Labute approximate surface area is 154 Å². The number of hydrogen-bond acceptors (Lipinski definition) is 5. The number of carbonyl (C=O) groups is 1. The maximum atomic E-state index is 12.4. The van der Waals surface area contributed by atoms with Crippen LogP contribution in [0.3, 0.4) is 0 Å². The van der Waals surface area contributed by atoms with Gasteiger partial charge < -0.3 is 24.4 Å². The van der Waals surface area contributed by atoms with Crippen LogP contribution >= 0.6 is 0 Å². The van der Waals surface area contributed by atoms with Crippen LogP contribution in [-0.4, -0.2) is 68.6 Å². The van der Waals surface area contributed by atoms with Crippen LogP contribution in [0.5, 0.6) is 11.5 Å². The molecule has 0 atom stereocenters. The number of rotatable bonds is 4. The van der Waals surface area contributed by atoms with E-state index in [1.165, 1.54) is 5.56 Å². The smallest absolute Gasteiger partial charge is 0.317 e. The Morgan fingerprint density at radius 3 is 2.65 bits per heavy atom. The van der Waals surface area contributed by atoms with E-state index in [0.717, 1.165) is 76.8 Å². The van der Waals surface area contributed by atoms with E-state index >= 15 is 0 Å². The molecule has 7 heteroatoms. The van der Waals surface area contributed by atoms with E-state index in [1.807, 2.05) is 11.0 Å². The molecule has 1 aromatic carbocycles. The van der Waals surface area contributed by atoms with Gasteiger partial charge in [-0.15, -0.1) is 0 Å². The second-order valence-corrected chi connectivity index (χ2v) is 7.19. The quantitative estimate of drug-likeness (QED) is 0.884. The van der Waals surface area contributed by atoms with Crippen molar-refractivity contribution < 1.29 is 19.0 Å². The summed E-state index contributed by atoms with van der Waals surface area (Å²) in [5.74, 6) is 2.20. The van der Waals surface area contributed by atoms with Crippen molar-refractivity contribution in [2.24, 2.45) is 5.92 Å². The van der Waals surface area contributed by atoms with E-state index < -0.39 is 0 Å². The van der Waals surface area contributed by atoms with Gasteiger partial charge in [-0.3, -0.25) is 4.90 Å². The third-order valence-corrected chi connectivity index (χ3v) is 5.39. The predicted octanol–water partition coefficient (Wildman–Crippen LogP) is 1.67. The SMILES string of the molecule is O=C(NCC1CCOCC1)N1CCN(Cc2ccc3c(c2)OCO3)CC1. The third kappa shape index (κ3) is 4.22. The van der Waals surface area contributed by atoms with Gasteiger partial charge in [-0.05, 0) is 36.5 Å². The molecule has 0 radical (unpaired) electrons. The topological polar surface area (TPSA) is 63.3 Å². The highest BCUT2D eigenvalue weighted by atomic mass is 16.7. The number of urea groups is 1. The molecule has 0 spiro atoms. The average molecular weight is 361 g/mol. The molecule has 0 bridgehead atoms. The zero-order chi connectivity index (χ0) is 17.8. The Morgan fingerprint density at radius 1 is 1.08 bits per heavy atom. The minimum Gasteiger partial charge on any atom is -0.454 e. The number of hydrogen-bond donors (Lipinski definition) is 1. The minimum atomic E-state index is 0.0687. The number of ether oxygens (including phenoxy) is 3. The zero-order valence-electron chi connectivity index (χ0n) is 15.1. The molecule has 2 saturated heterocycles. The molecule has 26 heavy (non-hydrogen) atoms. The lowest BCUT2D eigenvalue weighted by molar-refractivity contribution is 0.0658. The Morgan fingerprint density at radius 2 is 1.85 bits per heavy atom. The predicted molar refractivity (Wildman–Crippen MR) is 96.4 cm³/mol. The van der Waals surface area contributed by atoms with Gasteiger partial charge in [0.2, 0.25) is 6.79 Å². The van der Waals surface area contributed by atoms with E-state index in [2.05, 4.69) is 22.3 Å². The molecule has 0 aliphatic carbocycles. The van der Waals surface area contributed by atoms with Crippen LogP contribution in [-0.2, 0) is 11.3 Å². The normalized spacial score (nSPS) is 21.0. The molecule has 1 N–H and O–H groups in total. The molecule has 0 unspecified atom stereocenters. The number of carbonyl (C=O) groups excluding carboxylic acids is 1. The molecule has 3 heterocycles. The lowest BCUT2D eigenvalue weighted by atomic mass is 10.0. The molecule has 2 amide bonds. The number of piperazine rings is 1.